The van der Waals surface area contributed by atoms with Gasteiger partial charge in [0, 0.05) is 12.4 Å². The maximum atomic E-state index is 11.2. The fraction of sp³-hybridized carbons (Fsp3) is 0.300. The second-order valence-corrected chi connectivity index (χ2v) is 3.97. The van der Waals surface area contributed by atoms with E-state index in [-0.39, 0.29) is 0 Å². The van der Waals surface area contributed by atoms with E-state index in [4.69, 9.17) is 4.42 Å². The molecule has 2 aromatic rings. The zero-order valence-electron chi connectivity index (χ0n) is 8.11. The van der Waals surface area contributed by atoms with Gasteiger partial charge in [0.05, 0.1) is 11.6 Å². The van der Waals surface area contributed by atoms with Crippen molar-refractivity contribution in [1.82, 2.24) is 4.57 Å². The van der Waals surface area contributed by atoms with Crippen LogP contribution in [-0.4, -0.2) is 15.0 Å². The highest BCUT2D eigenvalue weighted by Crippen LogP contribution is 2.20. The summed E-state index contributed by atoms with van der Waals surface area (Å²) in [6.45, 7) is 0. The molecule has 4 nitrogen and oxygen atoms in total. The van der Waals surface area contributed by atoms with Crippen LogP contribution < -0.4 is 5.76 Å². The second kappa shape index (κ2) is 3.83. The lowest BCUT2D eigenvalue weighted by Crippen LogP contribution is -2.08. The molecule has 0 aliphatic carbocycles. The minimum atomic E-state index is -0.570. The minimum Gasteiger partial charge on any atom is -0.408 e. The third kappa shape index (κ3) is 1.72. The van der Waals surface area contributed by atoms with Crippen LogP contribution in [0.15, 0.2) is 27.4 Å². The molecule has 15 heavy (non-hydrogen) atoms. The summed E-state index contributed by atoms with van der Waals surface area (Å²) in [4.78, 5) is 11.2. The standard InChI is InChI=1S/C10H10BrNO3/c1-12-7-4-6(8(13)5-11)2-3-9(7)15-10(12)14/h2-4,8,13H,5H2,1H3. The number of hydrogen-bond acceptors (Lipinski definition) is 3. The van der Waals surface area contributed by atoms with Crippen LogP contribution in [0.3, 0.4) is 0 Å². The van der Waals surface area contributed by atoms with Crippen molar-refractivity contribution < 1.29 is 9.52 Å². The lowest BCUT2D eigenvalue weighted by Gasteiger charge is -2.06. The molecule has 0 radical (unpaired) electrons. The number of aliphatic hydroxyl groups excluding tert-OH is 1. The average Bonchev–Trinajstić information content (AvgIpc) is 2.54. The van der Waals surface area contributed by atoms with Gasteiger partial charge in [-0.1, -0.05) is 22.0 Å². The van der Waals surface area contributed by atoms with E-state index in [2.05, 4.69) is 15.9 Å². The first kappa shape index (κ1) is 10.4. The molecule has 0 saturated carbocycles. The summed E-state index contributed by atoms with van der Waals surface area (Å²) in [5, 5.41) is 10.1. The molecular weight excluding hydrogens is 262 g/mol. The number of benzene rings is 1. The van der Waals surface area contributed by atoms with Crippen LogP contribution in [0.2, 0.25) is 0 Å². The second-order valence-electron chi connectivity index (χ2n) is 3.32. The van der Waals surface area contributed by atoms with Crippen LogP contribution >= 0.6 is 15.9 Å². The van der Waals surface area contributed by atoms with E-state index < -0.39 is 11.9 Å². The topological polar surface area (TPSA) is 55.4 Å². The van der Waals surface area contributed by atoms with Crippen molar-refractivity contribution in [3.05, 3.63) is 34.3 Å². The van der Waals surface area contributed by atoms with Crippen LogP contribution in [-0.2, 0) is 7.05 Å². The molecule has 5 heteroatoms. The number of aromatic nitrogens is 1. The Labute approximate surface area is 94.3 Å². The summed E-state index contributed by atoms with van der Waals surface area (Å²) in [5.41, 5.74) is 1.99. The predicted octanol–water partition coefficient (Wildman–Crippen LogP) is 1.56. The molecule has 1 N–H and O–H groups in total. The molecule has 1 heterocycles. The van der Waals surface area contributed by atoms with E-state index in [9.17, 15) is 9.90 Å². The summed E-state index contributed by atoms with van der Waals surface area (Å²) in [5.74, 6) is -0.393. The van der Waals surface area contributed by atoms with Gasteiger partial charge in [0.1, 0.15) is 0 Å². The van der Waals surface area contributed by atoms with E-state index in [0.29, 0.717) is 16.4 Å². The number of aliphatic hydroxyl groups is 1. The summed E-state index contributed by atoms with van der Waals surface area (Å²) in [6, 6.07) is 5.20. The smallest absolute Gasteiger partial charge is 0.408 e. The molecule has 80 valence electrons. The molecule has 0 spiro atoms. The van der Waals surface area contributed by atoms with Gasteiger partial charge in [-0.05, 0) is 17.7 Å². The summed E-state index contributed by atoms with van der Waals surface area (Å²) in [6.07, 6.45) is -0.570. The van der Waals surface area contributed by atoms with Crippen molar-refractivity contribution in [2.24, 2.45) is 7.05 Å². The Morgan fingerprint density at radius 3 is 3.00 bits per heavy atom. The fourth-order valence-corrected chi connectivity index (χ4v) is 1.81. The van der Waals surface area contributed by atoms with Crippen LogP contribution in [0.1, 0.15) is 11.7 Å². The number of nitrogens with zero attached hydrogens (tertiary/aromatic N) is 1. The van der Waals surface area contributed by atoms with Crippen LogP contribution in [0, 0.1) is 0 Å². The number of fused-ring (bicyclic) bond motifs is 1. The van der Waals surface area contributed by atoms with Gasteiger partial charge in [0.15, 0.2) is 5.58 Å². The number of halogens is 1. The van der Waals surface area contributed by atoms with E-state index in [1.54, 1.807) is 25.2 Å². The summed E-state index contributed by atoms with van der Waals surface area (Å²) < 4.78 is 6.40. The zero-order chi connectivity index (χ0) is 11.0. The highest BCUT2D eigenvalue weighted by molar-refractivity contribution is 9.09. The zero-order valence-corrected chi connectivity index (χ0v) is 9.69. The third-order valence-electron chi connectivity index (χ3n) is 2.35. The molecule has 1 aromatic heterocycles. The maximum absolute atomic E-state index is 11.2. The molecular formula is C10H10BrNO3. The normalized spacial score (nSPS) is 13.3. The number of oxazole rings is 1. The van der Waals surface area contributed by atoms with Crippen molar-refractivity contribution in [2.75, 3.05) is 5.33 Å². The summed E-state index contributed by atoms with van der Waals surface area (Å²) >= 11 is 3.20. The Bertz CT molecular complexity index is 543. The monoisotopic (exact) mass is 271 g/mol. The van der Waals surface area contributed by atoms with Gasteiger partial charge in [-0.15, -0.1) is 0 Å². The lowest BCUT2D eigenvalue weighted by molar-refractivity contribution is 0.205. The van der Waals surface area contributed by atoms with Crippen molar-refractivity contribution in [3.63, 3.8) is 0 Å². The van der Waals surface area contributed by atoms with Crippen molar-refractivity contribution in [3.8, 4) is 0 Å². The molecule has 1 atom stereocenters. The minimum absolute atomic E-state index is 0.393. The van der Waals surface area contributed by atoms with Gasteiger partial charge < -0.3 is 9.52 Å². The number of aryl methyl sites for hydroxylation is 1. The molecule has 1 aromatic carbocycles. The van der Waals surface area contributed by atoms with Gasteiger partial charge in [0.2, 0.25) is 0 Å². The molecule has 0 saturated heterocycles. The van der Waals surface area contributed by atoms with Gasteiger partial charge in [-0.25, -0.2) is 4.79 Å². The fourth-order valence-electron chi connectivity index (χ4n) is 1.44. The molecule has 2 rings (SSSR count). The molecule has 0 fully saturated rings. The first-order chi connectivity index (χ1) is 7.13. The Hall–Kier alpha value is -1.07. The molecule has 0 aliphatic heterocycles. The van der Waals surface area contributed by atoms with Gasteiger partial charge >= 0.3 is 5.76 Å². The van der Waals surface area contributed by atoms with Crippen molar-refractivity contribution in [1.29, 1.82) is 0 Å². The maximum Gasteiger partial charge on any atom is 0.419 e. The Balaban J connectivity index is 2.64. The van der Waals surface area contributed by atoms with E-state index >= 15 is 0 Å². The highest BCUT2D eigenvalue weighted by atomic mass is 79.9. The lowest BCUT2D eigenvalue weighted by atomic mass is 10.1. The molecule has 1 unspecified atom stereocenters. The Morgan fingerprint density at radius 1 is 1.60 bits per heavy atom. The van der Waals surface area contributed by atoms with Crippen LogP contribution in [0.25, 0.3) is 11.1 Å². The number of alkyl halides is 1. The quantitative estimate of drug-likeness (QED) is 0.844. The Kier molecular flexibility index (Phi) is 2.67. The average molecular weight is 272 g/mol. The molecule has 0 bridgehead atoms. The first-order valence-corrected chi connectivity index (χ1v) is 5.59. The largest absolute Gasteiger partial charge is 0.419 e. The highest BCUT2D eigenvalue weighted by Gasteiger charge is 2.10. The van der Waals surface area contributed by atoms with Gasteiger partial charge in [-0.3, -0.25) is 4.57 Å². The SMILES string of the molecule is Cn1c(=O)oc2ccc(C(O)CBr)cc21. The predicted molar refractivity (Wildman–Crippen MR) is 60.2 cm³/mol. The van der Waals surface area contributed by atoms with Crippen LogP contribution in [0.4, 0.5) is 0 Å². The van der Waals surface area contributed by atoms with E-state index in [0.717, 1.165) is 5.56 Å². The molecule has 0 amide bonds. The Morgan fingerprint density at radius 2 is 2.33 bits per heavy atom. The summed E-state index contributed by atoms with van der Waals surface area (Å²) in [7, 11) is 1.64. The van der Waals surface area contributed by atoms with E-state index in [1.807, 2.05) is 0 Å². The first-order valence-electron chi connectivity index (χ1n) is 4.47. The van der Waals surface area contributed by atoms with Gasteiger partial charge in [-0.2, -0.15) is 0 Å². The van der Waals surface area contributed by atoms with Gasteiger partial charge in [0.25, 0.3) is 0 Å². The van der Waals surface area contributed by atoms with E-state index in [1.165, 1.54) is 4.57 Å². The number of hydrogen-bond donors (Lipinski definition) is 1. The van der Waals surface area contributed by atoms with Crippen molar-refractivity contribution >= 4 is 27.0 Å². The van der Waals surface area contributed by atoms with Crippen LogP contribution in [0.5, 0.6) is 0 Å². The number of rotatable bonds is 2. The van der Waals surface area contributed by atoms with Crippen molar-refractivity contribution in [2.45, 2.75) is 6.10 Å². The molecule has 0 aliphatic rings. The third-order valence-corrected chi connectivity index (χ3v) is 2.96.